The molecule has 10 heteroatoms. The van der Waals surface area contributed by atoms with Crippen molar-refractivity contribution in [3.05, 3.63) is 89.0 Å². The predicted octanol–water partition coefficient (Wildman–Crippen LogP) is 6.60. The molecule has 3 aromatic rings. The summed E-state index contributed by atoms with van der Waals surface area (Å²) in [4.78, 5) is 20.1. The maximum absolute atomic E-state index is 13.4. The molecule has 1 fully saturated rings. The fraction of sp³-hybridized carbons (Fsp3) is 0.400. The fourth-order valence-corrected chi connectivity index (χ4v) is 5.64. The van der Waals surface area contributed by atoms with Crippen molar-refractivity contribution < 1.29 is 9.53 Å². The van der Waals surface area contributed by atoms with Gasteiger partial charge in [0.25, 0.3) is 0 Å². The van der Waals surface area contributed by atoms with E-state index in [1.54, 1.807) is 22.9 Å². The first kappa shape index (κ1) is 31.7. The average molecular weight is 609 g/mol. The summed E-state index contributed by atoms with van der Waals surface area (Å²) in [6.07, 6.45) is 5.17. The van der Waals surface area contributed by atoms with Gasteiger partial charge in [-0.2, -0.15) is 0 Å². The van der Waals surface area contributed by atoms with E-state index in [9.17, 15) is 4.79 Å². The van der Waals surface area contributed by atoms with Crippen LogP contribution in [0.1, 0.15) is 81.7 Å². The Bertz CT molecular complexity index is 1650. The molecule has 1 aliphatic heterocycles. The first-order chi connectivity index (χ1) is 21.5. The molecule has 1 aliphatic carbocycles. The van der Waals surface area contributed by atoms with Crippen molar-refractivity contribution in [1.82, 2.24) is 20.1 Å². The number of aliphatic imine (C=N–C) groups is 1. The van der Waals surface area contributed by atoms with Gasteiger partial charge >= 0.3 is 6.03 Å². The standard InChI is InChI=1S/C35H44N8O2/c1-23-11-13-24(14-12-23)39-32(21-30(36)35(2,3)4)41-34(44)40-28-16-17-29(27-10-6-5-9-26(27)28)45-25-15-18-31(37)43(22-25)33(38)42-19-7-8-20-42/h5-6,9-15,18,22,28-29,36-38H,7-8,16-17,19-21H2,1-4H3,(H2,39,40,41,44). The first-order valence-corrected chi connectivity index (χ1v) is 15.6. The Morgan fingerprint density at radius 2 is 1.67 bits per heavy atom. The maximum Gasteiger partial charge on any atom is 0.320 e. The third-order valence-corrected chi connectivity index (χ3v) is 8.38. The number of carbonyl (C=O) groups is 1. The zero-order valence-electron chi connectivity index (χ0n) is 26.6. The minimum Gasteiger partial charge on any atom is -0.484 e. The van der Waals surface area contributed by atoms with Crippen LogP contribution in [0.15, 0.2) is 71.9 Å². The second kappa shape index (κ2) is 13.5. The van der Waals surface area contributed by atoms with Gasteiger partial charge in [0.15, 0.2) is 0 Å². The third kappa shape index (κ3) is 7.87. The van der Waals surface area contributed by atoms with Crippen LogP contribution in [-0.4, -0.2) is 46.1 Å². The number of likely N-dealkylation sites (tertiary alicyclic amines) is 1. The number of aryl methyl sites for hydroxylation is 1. The van der Waals surface area contributed by atoms with E-state index < -0.39 is 0 Å². The molecule has 45 heavy (non-hydrogen) atoms. The fourth-order valence-electron chi connectivity index (χ4n) is 5.64. The van der Waals surface area contributed by atoms with Gasteiger partial charge in [0.05, 0.1) is 17.9 Å². The molecule has 0 radical (unpaired) electrons. The third-order valence-electron chi connectivity index (χ3n) is 8.38. The van der Waals surface area contributed by atoms with Crippen molar-refractivity contribution >= 4 is 29.2 Å². The number of nitrogens with one attached hydrogen (secondary N) is 5. The van der Waals surface area contributed by atoms with Crippen LogP contribution in [0.4, 0.5) is 10.5 Å². The zero-order valence-corrected chi connectivity index (χ0v) is 26.6. The van der Waals surface area contributed by atoms with Crippen molar-refractivity contribution in [2.45, 2.75) is 71.9 Å². The van der Waals surface area contributed by atoms with Gasteiger partial charge in [0.1, 0.15) is 23.2 Å². The summed E-state index contributed by atoms with van der Waals surface area (Å²) in [5.74, 6) is 1.31. The molecule has 1 aromatic heterocycles. The molecule has 1 saturated heterocycles. The van der Waals surface area contributed by atoms with Gasteiger partial charge in [-0.15, -0.1) is 0 Å². The second-order valence-corrected chi connectivity index (χ2v) is 12.9. The molecule has 2 atom stereocenters. The van der Waals surface area contributed by atoms with E-state index >= 15 is 0 Å². The zero-order chi connectivity index (χ0) is 32.1. The smallest absolute Gasteiger partial charge is 0.320 e. The van der Waals surface area contributed by atoms with Gasteiger partial charge in [-0.3, -0.25) is 20.7 Å². The molecule has 2 amide bonds. The van der Waals surface area contributed by atoms with Gasteiger partial charge in [-0.05, 0) is 73.4 Å². The normalized spacial score (nSPS) is 18.2. The predicted molar refractivity (Wildman–Crippen MR) is 178 cm³/mol. The first-order valence-electron chi connectivity index (χ1n) is 15.6. The van der Waals surface area contributed by atoms with Crippen molar-refractivity contribution in [1.29, 1.82) is 16.2 Å². The number of carbonyl (C=O) groups excluding carboxylic acids is 1. The van der Waals surface area contributed by atoms with Crippen LogP contribution in [0, 0.1) is 28.6 Å². The van der Waals surface area contributed by atoms with Crippen molar-refractivity contribution in [2.24, 2.45) is 10.4 Å². The number of amidine groups is 1. The summed E-state index contributed by atoms with van der Waals surface area (Å²) in [5.41, 5.74) is 4.19. The number of pyridine rings is 1. The van der Waals surface area contributed by atoms with E-state index in [2.05, 4.69) is 10.6 Å². The van der Waals surface area contributed by atoms with Crippen LogP contribution in [0.3, 0.4) is 0 Å². The Labute approximate surface area is 265 Å². The summed E-state index contributed by atoms with van der Waals surface area (Å²) in [7, 11) is 0. The van der Waals surface area contributed by atoms with E-state index in [0.717, 1.165) is 48.3 Å². The number of hydrogen-bond acceptors (Lipinski definition) is 6. The number of benzene rings is 2. The van der Waals surface area contributed by atoms with E-state index in [-0.39, 0.29) is 35.5 Å². The molecule has 10 nitrogen and oxygen atoms in total. The molecule has 5 N–H and O–H groups in total. The molecular formula is C35H44N8O2. The monoisotopic (exact) mass is 608 g/mol. The molecular weight excluding hydrogens is 564 g/mol. The van der Waals surface area contributed by atoms with E-state index in [1.165, 1.54) is 0 Å². The Morgan fingerprint density at radius 1 is 0.978 bits per heavy atom. The van der Waals surface area contributed by atoms with Gasteiger partial charge in [-0.25, -0.2) is 9.79 Å². The molecule has 2 heterocycles. The van der Waals surface area contributed by atoms with Crippen LogP contribution in [0.25, 0.3) is 0 Å². The lowest BCUT2D eigenvalue weighted by Crippen LogP contribution is -2.43. The Morgan fingerprint density at radius 3 is 2.36 bits per heavy atom. The summed E-state index contributed by atoms with van der Waals surface area (Å²) >= 11 is 0. The number of fused-ring (bicyclic) bond motifs is 1. The van der Waals surface area contributed by atoms with Gasteiger partial charge in [0, 0.05) is 25.2 Å². The van der Waals surface area contributed by atoms with Crippen molar-refractivity contribution in [3.8, 4) is 5.75 Å². The van der Waals surface area contributed by atoms with Gasteiger partial charge < -0.3 is 20.4 Å². The number of ether oxygens (including phenoxy) is 1. The highest BCUT2D eigenvalue weighted by Crippen LogP contribution is 2.38. The summed E-state index contributed by atoms with van der Waals surface area (Å²) in [5, 5.41) is 31.6. The van der Waals surface area contributed by atoms with E-state index in [1.807, 2.05) is 81.1 Å². The average Bonchev–Trinajstić information content (AvgIpc) is 3.55. The van der Waals surface area contributed by atoms with E-state index in [0.29, 0.717) is 36.1 Å². The molecule has 0 spiro atoms. The lowest BCUT2D eigenvalue weighted by atomic mass is 9.85. The quantitative estimate of drug-likeness (QED) is 0.159. The highest BCUT2D eigenvalue weighted by molar-refractivity contribution is 6.09. The molecule has 5 rings (SSSR count). The number of amides is 2. The van der Waals surface area contributed by atoms with Crippen LogP contribution in [-0.2, 0) is 0 Å². The second-order valence-electron chi connectivity index (χ2n) is 12.9. The Hall–Kier alpha value is -4.73. The number of hydrogen-bond donors (Lipinski definition) is 5. The number of rotatable bonds is 6. The summed E-state index contributed by atoms with van der Waals surface area (Å²) in [6, 6.07) is 18.6. The largest absolute Gasteiger partial charge is 0.484 e. The van der Waals surface area contributed by atoms with Crippen LogP contribution in [0.2, 0.25) is 0 Å². The topological polar surface area (TPSA) is 142 Å². The van der Waals surface area contributed by atoms with E-state index in [4.69, 9.17) is 26.0 Å². The summed E-state index contributed by atoms with van der Waals surface area (Å²) in [6.45, 7) is 9.61. The SMILES string of the molecule is Cc1ccc(N=C(CC(=N)C(C)(C)C)NC(=O)NC2CCC(Oc3ccc(=N)n(C(=N)N4CCCC4)c3)c3ccccc32)cc1. The molecule has 2 aromatic carbocycles. The number of urea groups is 1. The molecule has 2 unspecified atom stereocenters. The maximum atomic E-state index is 13.4. The lowest BCUT2D eigenvalue weighted by molar-refractivity contribution is 0.171. The molecule has 236 valence electrons. The van der Waals surface area contributed by atoms with Crippen LogP contribution >= 0.6 is 0 Å². The Kier molecular flexibility index (Phi) is 9.51. The lowest BCUT2D eigenvalue weighted by Gasteiger charge is -2.32. The Balaban J connectivity index is 1.30. The molecule has 0 saturated carbocycles. The van der Waals surface area contributed by atoms with Crippen LogP contribution < -0.4 is 20.9 Å². The highest BCUT2D eigenvalue weighted by atomic mass is 16.5. The molecule has 0 bridgehead atoms. The van der Waals surface area contributed by atoms with Gasteiger partial charge in [0.2, 0.25) is 5.96 Å². The number of aromatic nitrogens is 1. The highest BCUT2D eigenvalue weighted by Gasteiger charge is 2.30. The minimum atomic E-state index is -0.366. The minimum absolute atomic E-state index is 0.229. The van der Waals surface area contributed by atoms with Crippen molar-refractivity contribution in [2.75, 3.05) is 13.1 Å². The number of nitrogens with zero attached hydrogens (tertiary/aromatic N) is 3. The summed E-state index contributed by atoms with van der Waals surface area (Å²) < 4.78 is 8.04. The van der Waals surface area contributed by atoms with Crippen molar-refractivity contribution in [3.63, 3.8) is 0 Å². The molecule has 2 aliphatic rings. The van der Waals surface area contributed by atoms with Gasteiger partial charge in [-0.1, -0.05) is 62.7 Å². The van der Waals surface area contributed by atoms with Crippen LogP contribution in [0.5, 0.6) is 5.75 Å².